The van der Waals surface area contributed by atoms with Gasteiger partial charge in [0.05, 0.1) is 6.42 Å². The molecule has 3 rings (SSSR count). The minimum absolute atomic E-state index is 0. The van der Waals surface area contributed by atoms with Crippen LogP contribution in [0.5, 0.6) is 0 Å². The quantitative estimate of drug-likeness (QED) is 0.460. The number of carbonyl (C=O) groups is 2. The van der Waals surface area contributed by atoms with Crippen LogP contribution in [0.15, 0.2) is 48.5 Å². The SMILES string of the molecule is Cl.Cl.N=C(N)c1ccc(-c2ccc(C(=O)N3CCN(CCC(=O)O)CC3)cc2)cc1. The van der Waals surface area contributed by atoms with Crippen LogP contribution in [0.1, 0.15) is 22.3 Å². The Bertz CT molecular complexity index is 865. The molecule has 0 bridgehead atoms. The zero-order valence-corrected chi connectivity index (χ0v) is 18.0. The van der Waals surface area contributed by atoms with Gasteiger partial charge in [0.1, 0.15) is 5.84 Å². The summed E-state index contributed by atoms with van der Waals surface area (Å²) in [6.45, 7) is 3.12. The highest BCUT2D eigenvalue weighted by Gasteiger charge is 2.22. The Labute approximate surface area is 188 Å². The molecular formula is C21H26Cl2N4O3. The maximum Gasteiger partial charge on any atom is 0.304 e. The van der Waals surface area contributed by atoms with Gasteiger partial charge in [0, 0.05) is 43.9 Å². The second kappa shape index (κ2) is 11.5. The van der Waals surface area contributed by atoms with Crippen molar-refractivity contribution >= 4 is 42.5 Å². The first-order valence-electron chi connectivity index (χ1n) is 9.22. The number of halogens is 2. The molecule has 7 nitrogen and oxygen atoms in total. The highest BCUT2D eigenvalue weighted by molar-refractivity contribution is 5.96. The molecule has 1 saturated heterocycles. The standard InChI is InChI=1S/C21H24N4O3.2ClH/c22-20(23)17-5-1-15(2-6-17)16-3-7-18(8-4-16)21(28)25-13-11-24(12-14-25)10-9-19(26)27;;/h1-8H,9-14H2,(H3,22,23)(H,26,27);2*1H. The van der Waals surface area contributed by atoms with E-state index in [0.717, 1.165) is 11.1 Å². The summed E-state index contributed by atoms with van der Waals surface area (Å²) in [6, 6.07) is 14.9. The predicted molar refractivity (Wildman–Crippen MR) is 122 cm³/mol. The van der Waals surface area contributed by atoms with Crippen molar-refractivity contribution in [3.63, 3.8) is 0 Å². The fourth-order valence-corrected chi connectivity index (χ4v) is 3.26. The summed E-state index contributed by atoms with van der Waals surface area (Å²) in [5.41, 5.74) is 8.78. The first-order chi connectivity index (χ1) is 13.4. The molecule has 9 heteroatoms. The molecule has 2 aromatic rings. The van der Waals surface area contributed by atoms with Crippen molar-refractivity contribution in [1.82, 2.24) is 9.80 Å². The molecule has 1 amide bonds. The van der Waals surface area contributed by atoms with Crippen LogP contribution in [0.3, 0.4) is 0 Å². The van der Waals surface area contributed by atoms with Crippen molar-refractivity contribution in [2.45, 2.75) is 6.42 Å². The number of hydrogen-bond acceptors (Lipinski definition) is 4. The Kier molecular flexibility index (Phi) is 9.78. The van der Waals surface area contributed by atoms with Gasteiger partial charge < -0.3 is 15.7 Å². The van der Waals surface area contributed by atoms with Crippen LogP contribution in [0.2, 0.25) is 0 Å². The van der Waals surface area contributed by atoms with Crippen LogP contribution in [0.25, 0.3) is 11.1 Å². The zero-order valence-electron chi connectivity index (χ0n) is 16.4. The third-order valence-electron chi connectivity index (χ3n) is 4.96. The lowest BCUT2D eigenvalue weighted by atomic mass is 10.0. The summed E-state index contributed by atoms with van der Waals surface area (Å²) in [7, 11) is 0. The molecule has 0 aliphatic carbocycles. The molecule has 162 valence electrons. The molecule has 0 atom stereocenters. The average molecular weight is 453 g/mol. The number of nitrogens with one attached hydrogen (secondary N) is 1. The maximum atomic E-state index is 12.7. The lowest BCUT2D eigenvalue weighted by Gasteiger charge is -2.34. The van der Waals surface area contributed by atoms with E-state index in [1.165, 1.54) is 0 Å². The number of benzene rings is 2. The topological polar surface area (TPSA) is 111 Å². The number of nitrogens with two attached hydrogens (primary N) is 1. The number of amides is 1. The number of rotatable bonds is 6. The first kappa shape index (κ1) is 25.4. The molecule has 1 fully saturated rings. The predicted octanol–water partition coefficient (Wildman–Crippen LogP) is 2.71. The molecular weight excluding hydrogens is 427 g/mol. The van der Waals surface area contributed by atoms with Gasteiger partial charge in [0.25, 0.3) is 5.91 Å². The molecule has 2 aromatic carbocycles. The largest absolute Gasteiger partial charge is 0.481 e. The first-order valence-corrected chi connectivity index (χ1v) is 9.22. The smallest absolute Gasteiger partial charge is 0.304 e. The van der Waals surface area contributed by atoms with Gasteiger partial charge in [0.15, 0.2) is 0 Å². The van der Waals surface area contributed by atoms with Crippen molar-refractivity contribution in [2.24, 2.45) is 5.73 Å². The summed E-state index contributed by atoms with van der Waals surface area (Å²) < 4.78 is 0. The van der Waals surface area contributed by atoms with E-state index < -0.39 is 5.97 Å². The Hall–Kier alpha value is -2.61. The van der Waals surface area contributed by atoms with Gasteiger partial charge in [-0.2, -0.15) is 0 Å². The minimum atomic E-state index is -0.797. The average Bonchev–Trinajstić information content (AvgIpc) is 2.72. The fourth-order valence-electron chi connectivity index (χ4n) is 3.26. The van der Waals surface area contributed by atoms with Gasteiger partial charge in [-0.15, -0.1) is 24.8 Å². The molecule has 1 heterocycles. The van der Waals surface area contributed by atoms with Crippen molar-refractivity contribution < 1.29 is 14.7 Å². The Morgan fingerprint density at radius 1 is 0.867 bits per heavy atom. The minimum Gasteiger partial charge on any atom is -0.481 e. The Morgan fingerprint density at radius 2 is 1.33 bits per heavy atom. The molecule has 4 N–H and O–H groups in total. The van der Waals surface area contributed by atoms with E-state index in [9.17, 15) is 9.59 Å². The highest BCUT2D eigenvalue weighted by atomic mass is 35.5. The summed E-state index contributed by atoms with van der Waals surface area (Å²) >= 11 is 0. The van der Waals surface area contributed by atoms with Crippen molar-refractivity contribution in [3.8, 4) is 11.1 Å². The summed E-state index contributed by atoms with van der Waals surface area (Å²) in [5.74, 6) is -0.763. The molecule has 0 aromatic heterocycles. The summed E-state index contributed by atoms with van der Waals surface area (Å²) in [4.78, 5) is 27.3. The Balaban J connectivity index is 0.00000225. The molecule has 1 aliphatic rings. The van der Waals surface area contributed by atoms with Gasteiger partial charge in [-0.05, 0) is 23.3 Å². The van der Waals surface area contributed by atoms with Crippen molar-refractivity contribution in [2.75, 3.05) is 32.7 Å². The van der Waals surface area contributed by atoms with Crippen molar-refractivity contribution in [3.05, 3.63) is 59.7 Å². The number of amidine groups is 1. The van der Waals surface area contributed by atoms with Crippen LogP contribution in [0.4, 0.5) is 0 Å². The number of hydrogen-bond donors (Lipinski definition) is 3. The van der Waals surface area contributed by atoms with E-state index in [2.05, 4.69) is 4.90 Å². The summed E-state index contributed by atoms with van der Waals surface area (Å²) in [5, 5.41) is 16.2. The van der Waals surface area contributed by atoms with Crippen LogP contribution >= 0.6 is 24.8 Å². The number of piperazine rings is 1. The van der Waals surface area contributed by atoms with E-state index in [1.807, 2.05) is 41.3 Å². The van der Waals surface area contributed by atoms with E-state index in [-0.39, 0.29) is 43.0 Å². The fraction of sp³-hybridized carbons (Fsp3) is 0.286. The third kappa shape index (κ3) is 6.45. The van der Waals surface area contributed by atoms with Crippen LogP contribution in [-0.4, -0.2) is 65.3 Å². The van der Waals surface area contributed by atoms with E-state index in [1.54, 1.807) is 12.1 Å². The number of nitrogens with zero attached hydrogens (tertiary/aromatic N) is 2. The van der Waals surface area contributed by atoms with Crippen molar-refractivity contribution in [1.29, 1.82) is 5.41 Å². The van der Waals surface area contributed by atoms with Crippen LogP contribution in [0, 0.1) is 5.41 Å². The normalized spacial score (nSPS) is 13.7. The monoisotopic (exact) mass is 452 g/mol. The number of carboxylic acids is 1. The van der Waals surface area contributed by atoms with E-state index in [0.29, 0.717) is 43.9 Å². The molecule has 0 spiro atoms. The zero-order chi connectivity index (χ0) is 20.1. The number of nitrogen functional groups attached to an aromatic ring is 1. The summed E-state index contributed by atoms with van der Waals surface area (Å²) in [6.07, 6.45) is 0.128. The second-order valence-corrected chi connectivity index (χ2v) is 6.85. The van der Waals surface area contributed by atoms with Gasteiger partial charge in [0.2, 0.25) is 0 Å². The lowest BCUT2D eigenvalue weighted by Crippen LogP contribution is -2.49. The molecule has 0 radical (unpaired) electrons. The van der Waals surface area contributed by atoms with Gasteiger partial charge in [-0.1, -0.05) is 36.4 Å². The molecule has 1 aliphatic heterocycles. The van der Waals surface area contributed by atoms with Gasteiger partial charge in [-0.25, -0.2) is 0 Å². The second-order valence-electron chi connectivity index (χ2n) is 6.85. The number of carboxylic acid groups (broad SMARTS) is 1. The number of aliphatic carboxylic acids is 1. The molecule has 0 unspecified atom stereocenters. The highest BCUT2D eigenvalue weighted by Crippen LogP contribution is 2.21. The third-order valence-corrected chi connectivity index (χ3v) is 4.96. The molecule has 0 saturated carbocycles. The number of carbonyl (C=O) groups excluding carboxylic acids is 1. The van der Waals surface area contributed by atoms with Gasteiger partial charge in [-0.3, -0.25) is 19.9 Å². The van der Waals surface area contributed by atoms with E-state index >= 15 is 0 Å². The van der Waals surface area contributed by atoms with Crippen LogP contribution in [-0.2, 0) is 4.79 Å². The van der Waals surface area contributed by atoms with Crippen LogP contribution < -0.4 is 5.73 Å². The maximum absolute atomic E-state index is 12.7. The van der Waals surface area contributed by atoms with E-state index in [4.69, 9.17) is 16.2 Å². The molecule has 30 heavy (non-hydrogen) atoms. The van der Waals surface area contributed by atoms with Gasteiger partial charge >= 0.3 is 5.97 Å². The Morgan fingerprint density at radius 3 is 1.77 bits per heavy atom. The lowest BCUT2D eigenvalue weighted by molar-refractivity contribution is -0.137.